The molecule has 5 rings (SSSR count). The number of nitro benzene ring substituents is 1. The highest BCUT2D eigenvalue weighted by molar-refractivity contribution is 5.86. The molecule has 1 aromatic rings. The molecule has 0 spiro atoms. The minimum Gasteiger partial charge on any atom is -0.273 e. The Morgan fingerprint density at radius 3 is 2.56 bits per heavy atom. The molecule has 6 nitrogen and oxygen atoms in total. The molecule has 2 atom stereocenters. The van der Waals surface area contributed by atoms with Crippen molar-refractivity contribution in [3.63, 3.8) is 0 Å². The van der Waals surface area contributed by atoms with Crippen molar-refractivity contribution in [2.24, 2.45) is 28.3 Å². The average Bonchev–Trinajstić information content (AvgIpc) is 2.81. The molecule has 0 radical (unpaired) electrons. The number of hydrazone groups is 1. The van der Waals surface area contributed by atoms with Crippen molar-refractivity contribution in [2.75, 3.05) is 0 Å². The molecular weight excluding hydrogens is 318 g/mol. The fourth-order valence-corrected chi connectivity index (χ4v) is 5.47. The van der Waals surface area contributed by atoms with E-state index in [-0.39, 0.29) is 17.0 Å². The van der Waals surface area contributed by atoms with E-state index in [0.717, 1.165) is 19.3 Å². The molecule has 2 unspecified atom stereocenters. The van der Waals surface area contributed by atoms with E-state index < -0.39 is 4.92 Å². The highest BCUT2D eigenvalue weighted by atomic mass is 16.6. The van der Waals surface area contributed by atoms with Crippen LogP contribution in [0.2, 0.25) is 0 Å². The molecule has 4 fully saturated rings. The van der Waals surface area contributed by atoms with Crippen LogP contribution < -0.4 is 5.43 Å². The van der Waals surface area contributed by atoms with E-state index in [9.17, 15) is 14.9 Å². The zero-order chi connectivity index (χ0) is 17.4. The first-order chi connectivity index (χ1) is 12.0. The van der Waals surface area contributed by atoms with E-state index in [1.807, 2.05) is 0 Å². The first kappa shape index (κ1) is 16.2. The molecule has 25 heavy (non-hydrogen) atoms. The summed E-state index contributed by atoms with van der Waals surface area (Å²) < 4.78 is 0. The maximum absolute atomic E-state index is 12.9. The quantitative estimate of drug-likeness (QED) is 0.515. The van der Waals surface area contributed by atoms with Gasteiger partial charge in [-0.2, -0.15) is 5.10 Å². The van der Waals surface area contributed by atoms with Crippen molar-refractivity contribution in [1.29, 1.82) is 0 Å². The Morgan fingerprint density at radius 1 is 1.20 bits per heavy atom. The fraction of sp³-hybridized carbons (Fsp3) is 0.579. The molecule has 4 aliphatic carbocycles. The number of hydrogen-bond donors (Lipinski definition) is 1. The number of non-ortho nitro benzene ring substituents is 1. The summed E-state index contributed by atoms with van der Waals surface area (Å²) in [5, 5.41) is 14.9. The summed E-state index contributed by atoms with van der Waals surface area (Å²) in [5.41, 5.74) is 3.11. The standard InChI is InChI=1S/C19H23N3O3/c23-18(21-20-12-15-2-1-3-17(8-15)22(24)25)19-9-13-4-5-14(10-19)7-16(6-13)11-19/h1-3,8,12-14,16H,4-7,9-11H2,(H,21,23). The third-order valence-electron chi connectivity index (χ3n) is 6.30. The second-order valence-electron chi connectivity index (χ2n) is 8.09. The first-order valence-corrected chi connectivity index (χ1v) is 9.12. The first-order valence-electron chi connectivity index (χ1n) is 9.12. The lowest BCUT2D eigenvalue weighted by molar-refractivity contribution is -0.384. The number of nitro groups is 1. The van der Waals surface area contributed by atoms with Gasteiger partial charge >= 0.3 is 0 Å². The topological polar surface area (TPSA) is 84.6 Å². The van der Waals surface area contributed by atoms with Crippen LogP contribution in [0, 0.1) is 33.3 Å². The molecule has 1 amide bonds. The van der Waals surface area contributed by atoms with Crippen LogP contribution in [0.1, 0.15) is 50.5 Å². The van der Waals surface area contributed by atoms with Crippen LogP contribution in [0.4, 0.5) is 5.69 Å². The predicted octanol–water partition coefficient (Wildman–Crippen LogP) is 3.65. The summed E-state index contributed by atoms with van der Waals surface area (Å²) in [6.07, 6.45) is 9.61. The van der Waals surface area contributed by atoms with Gasteiger partial charge in [0, 0.05) is 17.7 Å². The van der Waals surface area contributed by atoms with Gasteiger partial charge in [0.25, 0.3) is 5.69 Å². The normalized spacial score (nSPS) is 33.4. The Labute approximate surface area is 146 Å². The minimum absolute atomic E-state index is 0.0212. The molecule has 6 heteroatoms. The summed E-state index contributed by atoms with van der Waals surface area (Å²) in [4.78, 5) is 23.3. The maximum atomic E-state index is 12.9. The van der Waals surface area contributed by atoms with Gasteiger partial charge < -0.3 is 0 Å². The van der Waals surface area contributed by atoms with E-state index in [2.05, 4.69) is 10.5 Å². The summed E-state index contributed by atoms with van der Waals surface area (Å²) in [6.45, 7) is 0. The van der Waals surface area contributed by atoms with E-state index >= 15 is 0 Å². The van der Waals surface area contributed by atoms with Crippen molar-refractivity contribution in [3.05, 3.63) is 39.9 Å². The van der Waals surface area contributed by atoms with E-state index in [1.54, 1.807) is 12.1 Å². The number of hydrogen-bond acceptors (Lipinski definition) is 4. The molecule has 4 bridgehead atoms. The molecule has 1 N–H and O–H groups in total. The number of nitrogens with one attached hydrogen (secondary N) is 1. The number of rotatable bonds is 4. The van der Waals surface area contributed by atoms with Crippen LogP contribution in [0.5, 0.6) is 0 Å². The number of carbonyl (C=O) groups is 1. The Kier molecular flexibility index (Phi) is 4.06. The Bertz CT molecular complexity index is 714. The second-order valence-corrected chi connectivity index (χ2v) is 8.09. The molecule has 4 saturated carbocycles. The average molecular weight is 341 g/mol. The molecule has 4 aliphatic rings. The van der Waals surface area contributed by atoms with Gasteiger partial charge in [-0.1, -0.05) is 25.0 Å². The van der Waals surface area contributed by atoms with Gasteiger partial charge in [0.1, 0.15) is 0 Å². The van der Waals surface area contributed by atoms with Gasteiger partial charge in [-0.15, -0.1) is 0 Å². The van der Waals surface area contributed by atoms with Gasteiger partial charge in [-0.3, -0.25) is 14.9 Å². The van der Waals surface area contributed by atoms with Gasteiger partial charge in [0.2, 0.25) is 5.91 Å². The Balaban J connectivity index is 1.45. The third-order valence-corrected chi connectivity index (χ3v) is 6.30. The number of amides is 1. The molecule has 0 aliphatic heterocycles. The molecule has 0 aromatic heterocycles. The monoisotopic (exact) mass is 341 g/mol. The van der Waals surface area contributed by atoms with E-state index in [1.165, 1.54) is 44.0 Å². The Morgan fingerprint density at radius 2 is 1.88 bits per heavy atom. The van der Waals surface area contributed by atoms with E-state index in [0.29, 0.717) is 23.3 Å². The van der Waals surface area contributed by atoms with Crippen molar-refractivity contribution >= 4 is 17.8 Å². The van der Waals surface area contributed by atoms with Crippen molar-refractivity contribution in [3.8, 4) is 0 Å². The maximum Gasteiger partial charge on any atom is 0.270 e. The summed E-state index contributed by atoms with van der Waals surface area (Å²) in [6, 6.07) is 6.24. The smallest absolute Gasteiger partial charge is 0.270 e. The second kappa shape index (κ2) is 6.24. The van der Waals surface area contributed by atoms with Crippen LogP contribution in [0.15, 0.2) is 29.4 Å². The largest absolute Gasteiger partial charge is 0.273 e. The molecule has 0 saturated heterocycles. The lowest BCUT2D eigenvalue weighted by Gasteiger charge is -2.46. The van der Waals surface area contributed by atoms with Crippen LogP contribution in [0.25, 0.3) is 0 Å². The minimum atomic E-state index is -0.436. The lowest BCUT2D eigenvalue weighted by atomic mass is 9.58. The zero-order valence-electron chi connectivity index (χ0n) is 14.2. The van der Waals surface area contributed by atoms with Crippen LogP contribution in [-0.2, 0) is 4.79 Å². The van der Waals surface area contributed by atoms with Gasteiger partial charge in [-0.25, -0.2) is 5.43 Å². The number of benzene rings is 1. The Hall–Kier alpha value is -2.24. The molecular formula is C19H23N3O3. The summed E-state index contributed by atoms with van der Waals surface area (Å²) in [5.74, 6) is 2.12. The highest BCUT2D eigenvalue weighted by Crippen LogP contribution is 2.57. The van der Waals surface area contributed by atoms with Gasteiger partial charge in [-0.05, 0) is 49.9 Å². The number of fused-ring (bicyclic) bond motifs is 1. The van der Waals surface area contributed by atoms with Crippen LogP contribution in [0.3, 0.4) is 0 Å². The lowest BCUT2D eigenvalue weighted by Crippen LogP contribution is -2.47. The third kappa shape index (κ3) is 3.17. The molecule has 0 heterocycles. The highest BCUT2D eigenvalue weighted by Gasteiger charge is 2.52. The number of nitrogens with zero attached hydrogens (tertiary/aromatic N) is 2. The van der Waals surface area contributed by atoms with Crippen LogP contribution in [-0.4, -0.2) is 17.0 Å². The van der Waals surface area contributed by atoms with Crippen molar-refractivity contribution in [1.82, 2.24) is 5.43 Å². The van der Waals surface area contributed by atoms with Crippen molar-refractivity contribution in [2.45, 2.75) is 44.9 Å². The van der Waals surface area contributed by atoms with Crippen molar-refractivity contribution < 1.29 is 9.72 Å². The van der Waals surface area contributed by atoms with E-state index in [4.69, 9.17) is 0 Å². The summed E-state index contributed by atoms with van der Waals surface area (Å²) in [7, 11) is 0. The summed E-state index contributed by atoms with van der Waals surface area (Å²) >= 11 is 0. The predicted molar refractivity (Wildman–Crippen MR) is 94.1 cm³/mol. The zero-order valence-corrected chi connectivity index (χ0v) is 14.2. The fourth-order valence-electron chi connectivity index (χ4n) is 5.47. The van der Waals surface area contributed by atoms with Gasteiger partial charge in [0.05, 0.1) is 16.6 Å². The number of carbonyl (C=O) groups excluding carboxylic acids is 1. The SMILES string of the molecule is O=C(NN=Cc1cccc([N+](=O)[O-])c1)C12CC3CCC(CC(C3)C1)C2. The van der Waals surface area contributed by atoms with Crippen LogP contribution >= 0.6 is 0 Å². The molecule has 132 valence electrons. The van der Waals surface area contributed by atoms with Gasteiger partial charge in [0.15, 0.2) is 0 Å². The molecule has 1 aromatic carbocycles.